The van der Waals surface area contributed by atoms with E-state index in [0.29, 0.717) is 6.54 Å². The molecule has 1 atom stereocenters. The molecule has 1 N–H and O–H groups in total. The van der Waals surface area contributed by atoms with Gasteiger partial charge in [0.05, 0.1) is 13.2 Å². The van der Waals surface area contributed by atoms with Crippen LogP contribution >= 0.6 is 0 Å². The summed E-state index contributed by atoms with van der Waals surface area (Å²) in [4.78, 5) is 2.05. The van der Waals surface area contributed by atoms with Crippen molar-refractivity contribution in [2.24, 2.45) is 7.05 Å². The maximum atomic E-state index is 8.97. The van der Waals surface area contributed by atoms with Crippen molar-refractivity contribution in [1.82, 2.24) is 19.7 Å². The summed E-state index contributed by atoms with van der Waals surface area (Å²) in [6.45, 7) is 4.77. The van der Waals surface area contributed by atoms with Gasteiger partial charge in [-0.2, -0.15) is 0 Å². The number of hydrogen-bond donors (Lipinski definition) is 1. The normalized spacial score (nSPS) is 13.6. The number of hydrogen-bond acceptors (Lipinski definition) is 4. The number of rotatable bonds is 4. The third-order valence-corrected chi connectivity index (χ3v) is 2.59. The fraction of sp³-hybridized carbons (Fsp3) is 0.778. The van der Waals surface area contributed by atoms with Crippen molar-refractivity contribution in [3.05, 3.63) is 11.6 Å². The minimum atomic E-state index is 0.145. The molecule has 1 aromatic rings. The van der Waals surface area contributed by atoms with Gasteiger partial charge in [-0.3, -0.25) is 4.90 Å². The summed E-state index contributed by atoms with van der Waals surface area (Å²) < 4.78 is 1.96. The second kappa shape index (κ2) is 4.52. The van der Waals surface area contributed by atoms with Gasteiger partial charge in [0.25, 0.3) is 0 Å². The Morgan fingerprint density at radius 2 is 2.14 bits per heavy atom. The molecule has 0 aliphatic carbocycles. The standard InChI is InChI=1S/C9H18N4O/c1-7(6-14)12(3)5-9-11-10-8(2)13(9)4/h7,14H,5-6H2,1-4H3. The van der Waals surface area contributed by atoms with Crippen molar-refractivity contribution in [2.45, 2.75) is 26.4 Å². The van der Waals surface area contributed by atoms with E-state index in [1.54, 1.807) is 0 Å². The molecule has 0 aliphatic heterocycles. The topological polar surface area (TPSA) is 54.2 Å². The van der Waals surface area contributed by atoms with Gasteiger partial charge >= 0.3 is 0 Å². The summed E-state index contributed by atoms with van der Waals surface area (Å²) in [5, 5.41) is 17.0. The molecule has 0 fully saturated rings. The summed E-state index contributed by atoms with van der Waals surface area (Å²) in [5.41, 5.74) is 0. The van der Waals surface area contributed by atoms with Gasteiger partial charge < -0.3 is 9.67 Å². The molecule has 80 valence electrons. The van der Waals surface area contributed by atoms with Crippen LogP contribution in [0.25, 0.3) is 0 Å². The van der Waals surface area contributed by atoms with E-state index in [2.05, 4.69) is 10.2 Å². The Labute approximate surface area is 84.4 Å². The molecule has 0 radical (unpaired) electrons. The van der Waals surface area contributed by atoms with Crippen molar-refractivity contribution >= 4 is 0 Å². The molecule has 0 aromatic carbocycles. The van der Waals surface area contributed by atoms with E-state index in [4.69, 9.17) is 5.11 Å². The van der Waals surface area contributed by atoms with E-state index in [1.807, 2.05) is 37.4 Å². The van der Waals surface area contributed by atoms with E-state index in [-0.39, 0.29) is 12.6 Å². The summed E-state index contributed by atoms with van der Waals surface area (Å²) in [6.07, 6.45) is 0. The molecule has 1 unspecified atom stereocenters. The van der Waals surface area contributed by atoms with Crippen LogP contribution in [-0.4, -0.2) is 44.5 Å². The first kappa shape index (κ1) is 11.1. The number of aromatic nitrogens is 3. The van der Waals surface area contributed by atoms with Crippen LogP contribution in [0.5, 0.6) is 0 Å². The highest BCUT2D eigenvalue weighted by atomic mass is 16.3. The largest absolute Gasteiger partial charge is 0.395 e. The average Bonchev–Trinajstić information content (AvgIpc) is 2.48. The summed E-state index contributed by atoms with van der Waals surface area (Å²) >= 11 is 0. The highest BCUT2D eigenvalue weighted by molar-refractivity contribution is 4.92. The Morgan fingerprint density at radius 3 is 2.57 bits per heavy atom. The highest BCUT2D eigenvalue weighted by Crippen LogP contribution is 2.04. The third-order valence-electron chi connectivity index (χ3n) is 2.59. The lowest BCUT2D eigenvalue weighted by Gasteiger charge is -2.21. The number of nitrogens with zero attached hydrogens (tertiary/aromatic N) is 4. The van der Waals surface area contributed by atoms with Crippen molar-refractivity contribution in [3.8, 4) is 0 Å². The zero-order valence-electron chi connectivity index (χ0n) is 9.23. The molecule has 1 heterocycles. The smallest absolute Gasteiger partial charge is 0.146 e. The Bertz CT molecular complexity index is 297. The molecule has 5 heteroatoms. The van der Waals surface area contributed by atoms with E-state index in [0.717, 1.165) is 11.6 Å². The van der Waals surface area contributed by atoms with Crippen LogP contribution in [0.1, 0.15) is 18.6 Å². The minimum absolute atomic E-state index is 0.145. The van der Waals surface area contributed by atoms with E-state index in [9.17, 15) is 0 Å². The zero-order chi connectivity index (χ0) is 10.7. The van der Waals surface area contributed by atoms with Crippen LogP contribution in [0.4, 0.5) is 0 Å². The van der Waals surface area contributed by atoms with Crippen LogP contribution < -0.4 is 0 Å². The zero-order valence-corrected chi connectivity index (χ0v) is 9.23. The second-order valence-corrected chi connectivity index (χ2v) is 3.67. The minimum Gasteiger partial charge on any atom is -0.395 e. The maximum absolute atomic E-state index is 8.97. The van der Waals surface area contributed by atoms with Crippen LogP contribution in [0, 0.1) is 6.92 Å². The van der Waals surface area contributed by atoms with Crippen LogP contribution in [0.2, 0.25) is 0 Å². The average molecular weight is 198 g/mol. The van der Waals surface area contributed by atoms with Crippen molar-refractivity contribution in [1.29, 1.82) is 0 Å². The second-order valence-electron chi connectivity index (χ2n) is 3.67. The molecule has 0 saturated carbocycles. The third kappa shape index (κ3) is 2.30. The summed E-state index contributed by atoms with van der Waals surface area (Å²) in [5.74, 6) is 1.83. The summed E-state index contributed by atoms with van der Waals surface area (Å²) in [6, 6.07) is 0.145. The molecular weight excluding hydrogens is 180 g/mol. The van der Waals surface area contributed by atoms with Gasteiger partial charge in [0, 0.05) is 13.1 Å². The molecular formula is C9H18N4O. The molecule has 0 saturated heterocycles. The fourth-order valence-electron chi connectivity index (χ4n) is 1.11. The fourth-order valence-corrected chi connectivity index (χ4v) is 1.11. The molecule has 14 heavy (non-hydrogen) atoms. The lowest BCUT2D eigenvalue weighted by molar-refractivity contribution is 0.150. The Kier molecular flexibility index (Phi) is 3.60. The van der Waals surface area contributed by atoms with Crippen LogP contribution in [0.3, 0.4) is 0 Å². The van der Waals surface area contributed by atoms with Crippen molar-refractivity contribution in [2.75, 3.05) is 13.7 Å². The first-order chi connectivity index (χ1) is 6.56. The number of aliphatic hydroxyl groups is 1. The number of aryl methyl sites for hydroxylation is 1. The molecule has 1 aromatic heterocycles. The molecule has 1 rings (SSSR count). The van der Waals surface area contributed by atoms with Crippen LogP contribution in [-0.2, 0) is 13.6 Å². The molecule has 0 amide bonds. The number of likely N-dealkylation sites (N-methyl/N-ethyl adjacent to an activating group) is 1. The molecule has 0 spiro atoms. The summed E-state index contributed by atoms with van der Waals surface area (Å²) in [7, 11) is 3.91. The Hall–Kier alpha value is -0.940. The molecule has 0 bridgehead atoms. The first-order valence-electron chi connectivity index (χ1n) is 4.72. The first-order valence-corrected chi connectivity index (χ1v) is 4.72. The van der Waals surface area contributed by atoms with E-state index < -0.39 is 0 Å². The van der Waals surface area contributed by atoms with Crippen molar-refractivity contribution < 1.29 is 5.11 Å². The maximum Gasteiger partial charge on any atom is 0.146 e. The van der Waals surface area contributed by atoms with Gasteiger partial charge in [-0.25, -0.2) is 0 Å². The highest BCUT2D eigenvalue weighted by Gasteiger charge is 2.12. The number of aliphatic hydroxyl groups excluding tert-OH is 1. The van der Waals surface area contributed by atoms with Crippen LogP contribution in [0.15, 0.2) is 0 Å². The van der Waals surface area contributed by atoms with Gasteiger partial charge in [0.15, 0.2) is 0 Å². The Balaban J connectivity index is 2.64. The van der Waals surface area contributed by atoms with Crippen molar-refractivity contribution in [3.63, 3.8) is 0 Å². The monoisotopic (exact) mass is 198 g/mol. The lowest BCUT2D eigenvalue weighted by atomic mass is 10.3. The predicted octanol–water partition coefficient (Wildman–Crippen LogP) is -0.0639. The van der Waals surface area contributed by atoms with Gasteiger partial charge in [-0.15, -0.1) is 10.2 Å². The quantitative estimate of drug-likeness (QED) is 0.736. The molecule has 0 aliphatic rings. The van der Waals surface area contributed by atoms with Gasteiger partial charge in [0.1, 0.15) is 11.6 Å². The van der Waals surface area contributed by atoms with Gasteiger partial charge in [-0.1, -0.05) is 0 Å². The van der Waals surface area contributed by atoms with Gasteiger partial charge in [0.2, 0.25) is 0 Å². The van der Waals surface area contributed by atoms with Gasteiger partial charge in [-0.05, 0) is 20.9 Å². The predicted molar refractivity (Wildman–Crippen MR) is 53.8 cm³/mol. The molecule has 5 nitrogen and oxygen atoms in total. The van der Waals surface area contributed by atoms with E-state index in [1.165, 1.54) is 0 Å². The van der Waals surface area contributed by atoms with E-state index >= 15 is 0 Å². The Morgan fingerprint density at radius 1 is 1.50 bits per heavy atom. The lowest BCUT2D eigenvalue weighted by Crippen LogP contribution is -2.32. The SMILES string of the molecule is Cc1nnc(CN(C)C(C)CO)n1C.